The van der Waals surface area contributed by atoms with Gasteiger partial charge in [0.2, 0.25) is 5.91 Å². The minimum absolute atomic E-state index is 0.168. The van der Waals surface area contributed by atoms with E-state index in [2.05, 4.69) is 25.7 Å². The van der Waals surface area contributed by atoms with Crippen LogP contribution in [0, 0.1) is 6.92 Å². The Bertz CT molecular complexity index is 1110. The van der Waals surface area contributed by atoms with Crippen molar-refractivity contribution in [2.45, 2.75) is 30.8 Å². The lowest BCUT2D eigenvalue weighted by Gasteiger charge is -2.11. The number of hydrogen-bond acceptors (Lipinski definition) is 7. The molecule has 0 spiro atoms. The van der Waals surface area contributed by atoms with E-state index in [0.29, 0.717) is 28.0 Å². The molecule has 31 heavy (non-hydrogen) atoms. The summed E-state index contributed by atoms with van der Waals surface area (Å²) < 4.78 is 6.81. The zero-order chi connectivity index (χ0) is 21.8. The van der Waals surface area contributed by atoms with Crippen LogP contribution in [-0.4, -0.2) is 50.5 Å². The smallest absolute Gasteiger partial charge is 0.272 e. The number of rotatable bonds is 8. The van der Waals surface area contributed by atoms with E-state index in [9.17, 15) is 9.59 Å². The molecule has 0 bridgehead atoms. The van der Waals surface area contributed by atoms with Gasteiger partial charge in [0.15, 0.2) is 11.5 Å². The van der Waals surface area contributed by atoms with E-state index in [1.54, 1.807) is 25.4 Å². The first-order valence-electron chi connectivity index (χ1n) is 9.78. The van der Waals surface area contributed by atoms with Gasteiger partial charge in [0.1, 0.15) is 17.1 Å². The van der Waals surface area contributed by atoms with E-state index in [1.165, 1.54) is 22.8 Å². The van der Waals surface area contributed by atoms with Crippen LogP contribution in [0.3, 0.4) is 0 Å². The van der Waals surface area contributed by atoms with Crippen LogP contribution in [0.25, 0.3) is 5.82 Å². The van der Waals surface area contributed by atoms with Gasteiger partial charge < -0.3 is 15.4 Å². The van der Waals surface area contributed by atoms with Crippen LogP contribution in [0.4, 0.5) is 5.69 Å². The molecule has 2 amide bonds. The summed E-state index contributed by atoms with van der Waals surface area (Å²) >= 11 is 1.28. The number of nitrogens with zero attached hydrogens (tertiary/aromatic N) is 4. The summed E-state index contributed by atoms with van der Waals surface area (Å²) in [4.78, 5) is 32.9. The van der Waals surface area contributed by atoms with Crippen LogP contribution in [0.5, 0.6) is 5.75 Å². The molecule has 160 valence electrons. The van der Waals surface area contributed by atoms with Gasteiger partial charge in [-0.25, -0.2) is 14.6 Å². The number of carbonyl (C=O) groups excluding carboxylic acids is 2. The normalized spacial score (nSPS) is 13.0. The molecule has 0 unspecified atom stereocenters. The van der Waals surface area contributed by atoms with Crippen LogP contribution in [-0.2, 0) is 4.79 Å². The second kappa shape index (κ2) is 9.17. The Balaban J connectivity index is 1.38. The molecule has 0 atom stereocenters. The maximum atomic E-state index is 12.4. The lowest BCUT2D eigenvalue weighted by atomic mass is 10.2. The van der Waals surface area contributed by atoms with Crippen LogP contribution in [0.15, 0.2) is 47.9 Å². The number of hydrogen-bond donors (Lipinski definition) is 2. The summed E-state index contributed by atoms with van der Waals surface area (Å²) in [5, 5.41) is 10.7. The van der Waals surface area contributed by atoms with Crippen molar-refractivity contribution < 1.29 is 14.3 Å². The molecule has 1 aliphatic carbocycles. The Morgan fingerprint density at radius 3 is 2.84 bits per heavy atom. The van der Waals surface area contributed by atoms with E-state index in [-0.39, 0.29) is 23.6 Å². The maximum Gasteiger partial charge on any atom is 0.272 e. The average molecular weight is 439 g/mol. The first-order valence-corrected chi connectivity index (χ1v) is 10.8. The average Bonchev–Trinajstić information content (AvgIpc) is 3.43. The Morgan fingerprint density at radius 2 is 2.06 bits per heavy atom. The van der Waals surface area contributed by atoms with Crippen molar-refractivity contribution in [2.24, 2.45) is 0 Å². The standard InChI is InChI=1S/C21H22N6O3S/c1-13-3-6-17(30-2)16(9-13)25-19(28)11-31-20-10-18(22-12-23-20)27-8-7-15(26-27)21(29)24-14-4-5-14/h3,6-10,12,14H,4-5,11H2,1-2H3,(H,24,29)(H,25,28). The third-order valence-corrected chi connectivity index (χ3v) is 5.50. The molecule has 2 heterocycles. The van der Waals surface area contributed by atoms with Crippen LogP contribution in [0.1, 0.15) is 28.9 Å². The molecule has 0 radical (unpaired) electrons. The molecular formula is C21H22N6O3S. The zero-order valence-electron chi connectivity index (χ0n) is 17.2. The minimum atomic E-state index is -0.187. The van der Waals surface area contributed by atoms with Crippen molar-refractivity contribution in [3.8, 4) is 11.6 Å². The van der Waals surface area contributed by atoms with E-state index >= 15 is 0 Å². The molecule has 1 fully saturated rings. The number of benzene rings is 1. The van der Waals surface area contributed by atoms with Crippen LogP contribution in [0.2, 0.25) is 0 Å². The van der Waals surface area contributed by atoms with Gasteiger partial charge in [-0.15, -0.1) is 0 Å². The van der Waals surface area contributed by atoms with Crippen molar-refractivity contribution >= 4 is 29.3 Å². The Hall–Kier alpha value is -3.40. The van der Waals surface area contributed by atoms with Gasteiger partial charge in [0, 0.05) is 18.3 Å². The monoisotopic (exact) mass is 438 g/mol. The number of aryl methyl sites for hydroxylation is 1. The lowest BCUT2D eigenvalue weighted by molar-refractivity contribution is -0.113. The quantitative estimate of drug-likeness (QED) is 0.411. The third-order valence-electron chi connectivity index (χ3n) is 4.58. The first-order chi connectivity index (χ1) is 15.0. The summed E-state index contributed by atoms with van der Waals surface area (Å²) in [6.07, 6.45) is 5.12. The number of amides is 2. The van der Waals surface area contributed by atoms with Crippen molar-refractivity contribution in [1.82, 2.24) is 25.1 Å². The molecule has 2 aromatic heterocycles. The molecule has 3 aromatic rings. The predicted octanol–water partition coefficient (Wildman–Crippen LogP) is 2.60. The Labute approximate surface area is 183 Å². The summed E-state index contributed by atoms with van der Waals surface area (Å²) in [6.45, 7) is 1.95. The van der Waals surface area contributed by atoms with Gasteiger partial charge >= 0.3 is 0 Å². The fourth-order valence-corrected chi connectivity index (χ4v) is 3.50. The van der Waals surface area contributed by atoms with Gasteiger partial charge in [0.25, 0.3) is 5.91 Å². The molecule has 4 rings (SSSR count). The van der Waals surface area contributed by atoms with Crippen molar-refractivity contribution in [3.63, 3.8) is 0 Å². The van der Waals surface area contributed by atoms with Gasteiger partial charge in [-0.1, -0.05) is 17.8 Å². The highest BCUT2D eigenvalue weighted by molar-refractivity contribution is 7.99. The third kappa shape index (κ3) is 5.40. The summed E-state index contributed by atoms with van der Waals surface area (Å²) in [5.74, 6) is 0.930. The fraction of sp³-hybridized carbons (Fsp3) is 0.286. The fourth-order valence-electron chi connectivity index (χ4n) is 2.84. The molecule has 10 heteroatoms. The molecule has 2 N–H and O–H groups in total. The number of anilines is 1. The zero-order valence-corrected chi connectivity index (χ0v) is 18.0. The Morgan fingerprint density at radius 1 is 1.23 bits per heavy atom. The van der Waals surface area contributed by atoms with Gasteiger partial charge in [-0.2, -0.15) is 5.10 Å². The molecule has 1 aromatic carbocycles. The number of carbonyl (C=O) groups is 2. The number of nitrogens with one attached hydrogen (secondary N) is 2. The topological polar surface area (TPSA) is 111 Å². The second-order valence-corrected chi connectivity index (χ2v) is 8.14. The summed E-state index contributed by atoms with van der Waals surface area (Å²) in [7, 11) is 1.56. The molecule has 0 aliphatic heterocycles. The molecule has 1 aliphatic rings. The van der Waals surface area contributed by atoms with Crippen LogP contribution < -0.4 is 15.4 Å². The first kappa shape index (κ1) is 20.9. The Kier molecular flexibility index (Phi) is 6.17. The number of ether oxygens (including phenoxy) is 1. The highest BCUT2D eigenvalue weighted by atomic mass is 32.2. The van der Waals surface area contributed by atoms with Gasteiger partial charge in [-0.3, -0.25) is 9.59 Å². The summed E-state index contributed by atoms with van der Waals surface area (Å²) in [5.41, 5.74) is 1.99. The minimum Gasteiger partial charge on any atom is -0.495 e. The number of aromatic nitrogens is 4. The van der Waals surface area contributed by atoms with Gasteiger partial charge in [-0.05, 0) is 43.5 Å². The van der Waals surface area contributed by atoms with Gasteiger partial charge in [0.05, 0.1) is 18.6 Å². The van der Waals surface area contributed by atoms with Crippen molar-refractivity contribution in [1.29, 1.82) is 0 Å². The van der Waals surface area contributed by atoms with Crippen molar-refractivity contribution in [3.05, 3.63) is 54.1 Å². The van der Waals surface area contributed by atoms with E-state index in [4.69, 9.17) is 4.74 Å². The number of methoxy groups -OCH3 is 1. The van der Waals surface area contributed by atoms with Crippen molar-refractivity contribution in [2.75, 3.05) is 18.2 Å². The highest BCUT2D eigenvalue weighted by Crippen LogP contribution is 2.26. The molecule has 0 saturated heterocycles. The van der Waals surface area contributed by atoms with E-state index in [1.807, 2.05) is 25.1 Å². The molecular weight excluding hydrogens is 416 g/mol. The molecule has 1 saturated carbocycles. The lowest BCUT2D eigenvalue weighted by Crippen LogP contribution is -2.25. The molecule has 9 nitrogen and oxygen atoms in total. The highest BCUT2D eigenvalue weighted by Gasteiger charge is 2.24. The van der Waals surface area contributed by atoms with E-state index in [0.717, 1.165) is 18.4 Å². The largest absolute Gasteiger partial charge is 0.495 e. The SMILES string of the molecule is COc1ccc(C)cc1NC(=O)CSc1cc(-n2ccc(C(=O)NC3CC3)n2)ncn1. The maximum absolute atomic E-state index is 12.4. The second-order valence-electron chi connectivity index (χ2n) is 7.15. The van der Waals surface area contributed by atoms with Crippen LogP contribution >= 0.6 is 11.8 Å². The van der Waals surface area contributed by atoms with E-state index < -0.39 is 0 Å². The summed E-state index contributed by atoms with van der Waals surface area (Å²) in [6, 6.07) is 9.24. The number of thioether (sulfide) groups is 1. The predicted molar refractivity (Wildman–Crippen MR) is 117 cm³/mol.